The second-order valence-corrected chi connectivity index (χ2v) is 6.53. The Morgan fingerprint density at radius 1 is 1.18 bits per heavy atom. The molecule has 0 bridgehead atoms. The van der Waals surface area contributed by atoms with E-state index in [0.29, 0.717) is 22.9 Å². The zero-order valence-electron chi connectivity index (χ0n) is 14.9. The smallest absolute Gasteiger partial charge is 0.298 e. The van der Waals surface area contributed by atoms with Crippen LogP contribution in [0.3, 0.4) is 0 Å². The second-order valence-electron chi connectivity index (χ2n) is 6.53. The summed E-state index contributed by atoms with van der Waals surface area (Å²) in [4.78, 5) is 21.0. The van der Waals surface area contributed by atoms with E-state index >= 15 is 0 Å². The van der Waals surface area contributed by atoms with E-state index in [1.165, 1.54) is 12.5 Å². The highest BCUT2D eigenvalue weighted by Crippen LogP contribution is 2.30. The van der Waals surface area contributed by atoms with Crippen molar-refractivity contribution in [2.75, 3.05) is 0 Å². The Kier molecular flexibility index (Phi) is 4.37. The fourth-order valence-corrected chi connectivity index (χ4v) is 3.41. The summed E-state index contributed by atoms with van der Waals surface area (Å²) in [5, 5.41) is 7.16. The van der Waals surface area contributed by atoms with Gasteiger partial charge in [-0.3, -0.25) is 14.5 Å². The number of hydrogen-bond acceptors (Lipinski definition) is 4. The Bertz CT molecular complexity index is 1230. The molecule has 1 N–H and O–H groups in total. The number of rotatable bonds is 4. The Hall–Kier alpha value is -3.23. The van der Waals surface area contributed by atoms with Crippen molar-refractivity contribution in [3.05, 3.63) is 53.0 Å². The predicted octanol–water partition coefficient (Wildman–Crippen LogP) is 3.85. The Morgan fingerprint density at radius 3 is 2.75 bits per heavy atom. The molecule has 28 heavy (non-hydrogen) atoms. The third-order valence-corrected chi connectivity index (χ3v) is 4.60. The molecule has 4 rings (SSSR count). The van der Waals surface area contributed by atoms with Gasteiger partial charge in [0, 0.05) is 17.1 Å². The van der Waals surface area contributed by atoms with Gasteiger partial charge in [0.2, 0.25) is 0 Å². The van der Waals surface area contributed by atoms with E-state index in [4.69, 9.17) is 0 Å². The van der Waals surface area contributed by atoms with Gasteiger partial charge in [0.05, 0.1) is 28.3 Å². The molecule has 6 nitrogen and oxygen atoms in total. The van der Waals surface area contributed by atoms with Crippen LogP contribution in [-0.2, 0) is 13.0 Å². The zero-order valence-corrected chi connectivity index (χ0v) is 14.9. The highest BCUT2D eigenvalue weighted by molar-refractivity contribution is 6.04. The lowest BCUT2D eigenvalue weighted by atomic mass is 10.0. The van der Waals surface area contributed by atoms with E-state index in [2.05, 4.69) is 20.2 Å². The van der Waals surface area contributed by atoms with Crippen molar-refractivity contribution in [1.29, 1.82) is 0 Å². The predicted molar refractivity (Wildman–Crippen MR) is 98.9 cm³/mol. The molecule has 0 aliphatic carbocycles. The molecule has 0 radical (unpaired) electrons. The fraction of sp³-hybridized carbons (Fsp3) is 0.263. The lowest BCUT2D eigenvalue weighted by molar-refractivity contribution is -0.140. The molecule has 0 saturated heterocycles. The number of aromatic nitrogens is 5. The Balaban J connectivity index is 2.02. The zero-order chi connectivity index (χ0) is 19.9. The first-order valence-corrected chi connectivity index (χ1v) is 8.74. The molecule has 3 heterocycles. The van der Waals surface area contributed by atoms with Gasteiger partial charge >= 0.3 is 6.18 Å². The third kappa shape index (κ3) is 3.12. The molecule has 0 atom stereocenters. The number of hydrogen-bond donors (Lipinski definition) is 1. The summed E-state index contributed by atoms with van der Waals surface area (Å²) < 4.78 is 40.2. The van der Waals surface area contributed by atoms with Crippen LogP contribution in [0.4, 0.5) is 13.2 Å². The molecule has 0 aliphatic heterocycles. The van der Waals surface area contributed by atoms with Crippen LogP contribution >= 0.6 is 0 Å². The summed E-state index contributed by atoms with van der Waals surface area (Å²) in [6.07, 6.45) is 1.38. The molecule has 9 heteroatoms. The lowest BCUT2D eigenvalue weighted by Crippen LogP contribution is -2.28. The summed E-state index contributed by atoms with van der Waals surface area (Å²) in [6, 6.07) is 5.07. The van der Waals surface area contributed by atoms with E-state index in [9.17, 15) is 18.0 Å². The first-order chi connectivity index (χ1) is 13.4. The second kappa shape index (κ2) is 6.74. The SMILES string of the molecule is CCCc1ncncc1-c1ccc2c3[nH]ncc3c(=O)n(CC(F)(F)F)c2c1. The van der Waals surface area contributed by atoms with Gasteiger partial charge in [-0.2, -0.15) is 18.3 Å². The molecule has 0 fully saturated rings. The van der Waals surface area contributed by atoms with Crippen LogP contribution in [0.15, 0.2) is 41.7 Å². The minimum Gasteiger partial charge on any atom is -0.298 e. The molecule has 3 aromatic heterocycles. The standard InChI is InChI=1S/C19H16F3N5O/c1-2-3-15-13(7-23-10-24-15)11-4-5-12-16(6-11)27(9-19(20,21)22)18(28)14-8-25-26-17(12)14/h4-8,10H,2-3,9H2,1H3,(H,25,26). The van der Waals surface area contributed by atoms with Crippen molar-refractivity contribution in [3.8, 4) is 11.1 Å². The summed E-state index contributed by atoms with van der Waals surface area (Å²) in [5.41, 5.74) is 2.08. The number of alkyl halides is 3. The molecular weight excluding hydrogens is 371 g/mol. The van der Waals surface area contributed by atoms with E-state index < -0.39 is 18.3 Å². The number of aryl methyl sites for hydroxylation is 1. The van der Waals surface area contributed by atoms with Gasteiger partial charge in [0.25, 0.3) is 5.56 Å². The number of pyridine rings is 1. The lowest BCUT2D eigenvalue weighted by Gasteiger charge is -2.15. The first-order valence-electron chi connectivity index (χ1n) is 8.74. The average molecular weight is 387 g/mol. The summed E-state index contributed by atoms with van der Waals surface area (Å²) in [7, 11) is 0. The first kappa shape index (κ1) is 18.1. The maximum Gasteiger partial charge on any atom is 0.406 e. The molecule has 0 spiro atoms. The molecule has 0 unspecified atom stereocenters. The van der Waals surface area contributed by atoms with Gasteiger partial charge in [-0.15, -0.1) is 0 Å². The number of halogens is 3. The van der Waals surface area contributed by atoms with Crippen LogP contribution in [-0.4, -0.2) is 30.9 Å². The molecule has 1 aromatic carbocycles. The van der Waals surface area contributed by atoms with Gasteiger partial charge < -0.3 is 0 Å². The molecular formula is C19H16F3N5O. The van der Waals surface area contributed by atoms with Crippen molar-refractivity contribution in [2.45, 2.75) is 32.5 Å². The van der Waals surface area contributed by atoms with Gasteiger partial charge in [0.15, 0.2) is 0 Å². The summed E-state index contributed by atoms with van der Waals surface area (Å²) in [6.45, 7) is 0.641. The average Bonchev–Trinajstić information content (AvgIpc) is 3.15. The van der Waals surface area contributed by atoms with Gasteiger partial charge in [0.1, 0.15) is 12.9 Å². The van der Waals surface area contributed by atoms with Crippen LogP contribution in [0.1, 0.15) is 19.0 Å². The van der Waals surface area contributed by atoms with Crippen LogP contribution in [0.25, 0.3) is 32.9 Å². The van der Waals surface area contributed by atoms with Crippen LogP contribution in [0, 0.1) is 0 Å². The number of H-pyrrole nitrogens is 1. The topological polar surface area (TPSA) is 76.5 Å². The summed E-state index contributed by atoms with van der Waals surface area (Å²) in [5.74, 6) is 0. The van der Waals surface area contributed by atoms with Crippen molar-refractivity contribution in [2.24, 2.45) is 0 Å². The van der Waals surface area contributed by atoms with E-state index in [-0.39, 0.29) is 10.9 Å². The van der Waals surface area contributed by atoms with E-state index in [1.54, 1.807) is 24.4 Å². The molecule has 0 amide bonds. The number of nitrogens with zero attached hydrogens (tertiary/aromatic N) is 4. The van der Waals surface area contributed by atoms with E-state index in [1.807, 2.05) is 6.92 Å². The minimum absolute atomic E-state index is 0.124. The number of aromatic amines is 1. The monoisotopic (exact) mass is 387 g/mol. The quantitative estimate of drug-likeness (QED) is 0.577. The fourth-order valence-electron chi connectivity index (χ4n) is 3.41. The van der Waals surface area contributed by atoms with Gasteiger partial charge in [-0.05, 0) is 18.1 Å². The van der Waals surface area contributed by atoms with Crippen LogP contribution in [0.2, 0.25) is 0 Å². The van der Waals surface area contributed by atoms with Crippen LogP contribution in [0.5, 0.6) is 0 Å². The highest BCUT2D eigenvalue weighted by Gasteiger charge is 2.30. The van der Waals surface area contributed by atoms with Gasteiger partial charge in [-0.1, -0.05) is 25.5 Å². The third-order valence-electron chi connectivity index (χ3n) is 4.60. The highest BCUT2D eigenvalue weighted by atomic mass is 19.4. The molecule has 0 saturated carbocycles. The maximum absolute atomic E-state index is 13.2. The number of fused-ring (bicyclic) bond motifs is 3. The number of nitrogens with one attached hydrogen (secondary N) is 1. The largest absolute Gasteiger partial charge is 0.406 e. The number of benzene rings is 1. The molecule has 4 aromatic rings. The molecule has 0 aliphatic rings. The van der Waals surface area contributed by atoms with Crippen molar-refractivity contribution in [3.63, 3.8) is 0 Å². The maximum atomic E-state index is 13.2. The van der Waals surface area contributed by atoms with Crippen molar-refractivity contribution in [1.82, 2.24) is 24.7 Å². The summed E-state index contributed by atoms with van der Waals surface area (Å²) >= 11 is 0. The van der Waals surface area contributed by atoms with Crippen LogP contribution < -0.4 is 5.56 Å². The normalized spacial score (nSPS) is 12.1. The minimum atomic E-state index is -4.53. The van der Waals surface area contributed by atoms with Gasteiger partial charge in [-0.25, -0.2) is 9.97 Å². The van der Waals surface area contributed by atoms with E-state index in [0.717, 1.165) is 22.2 Å². The molecule has 144 valence electrons. The Morgan fingerprint density at radius 2 is 2.00 bits per heavy atom. The van der Waals surface area contributed by atoms with Crippen molar-refractivity contribution < 1.29 is 13.2 Å². The van der Waals surface area contributed by atoms with Crippen molar-refractivity contribution >= 4 is 21.8 Å². The Labute approximate surface area is 157 Å².